The lowest BCUT2D eigenvalue weighted by Crippen LogP contribution is -2.14. The molecular formula is C16H17ClN6O2S2. The SMILES string of the molecule is Cc1nnc(NC(=O)CSc2nnc(C(C)Oc3ccccc3Cl)n2C)s1. The number of ether oxygens (including phenoxy) is 1. The number of benzene rings is 1. The smallest absolute Gasteiger partial charge is 0.236 e. The van der Waals surface area contributed by atoms with Gasteiger partial charge in [-0.3, -0.25) is 10.1 Å². The second-order valence-corrected chi connectivity index (χ2v) is 8.08. The van der Waals surface area contributed by atoms with Crippen molar-refractivity contribution in [2.45, 2.75) is 25.1 Å². The zero-order chi connectivity index (χ0) is 19.4. The van der Waals surface area contributed by atoms with Gasteiger partial charge in [0, 0.05) is 7.05 Å². The number of hydrogen-bond acceptors (Lipinski definition) is 8. The van der Waals surface area contributed by atoms with Crippen LogP contribution in [0.15, 0.2) is 29.4 Å². The fraction of sp³-hybridized carbons (Fsp3) is 0.312. The average molecular weight is 425 g/mol. The molecule has 0 saturated heterocycles. The monoisotopic (exact) mass is 424 g/mol. The van der Waals surface area contributed by atoms with Crippen molar-refractivity contribution in [2.75, 3.05) is 11.1 Å². The first-order chi connectivity index (χ1) is 12.9. The van der Waals surface area contributed by atoms with Crippen LogP contribution in [0.5, 0.6) is 5.75 Å². The van der Waals surface area contributed by atoms with Gasteiger partial charge in [0.05, 0.1) is 10.8 Å². The highest BCUT2D eigenvalue weighted by Crippen LogP contribution is 2.29. The number of nitrogens with zero attached hydrogens (tertiary/aromatic N) is 5. The van der Waals surface area contributed by atoms with Gasteiger partial charge in [0.15, 0.2) is 17.1 Å². The maximum atomic E-state index is 12.0. The van der Waals surface area contributed by atoms with Crippen molar-refractivity contribution in [1.82, 2.24) is 25.0 Å². The predicted octanol–water partition coefficient (Wildman–Crippen LogP) is 3.50. The van der Waals surface area contributed by atoms with E-state index in [0.29, 0.717) is 26.9 Å². The molecule has 1 atom stereocenters. The highest BCUT2D eigenvalue weighted by Gasteiger charge is 2.19. The summed E-state index contributed by atoms with van der Waals surface area (Å²) in [7, 11) is 1.83. The fourth-order valence-corrected chi connectivity index (χ4v) is 3.73. The van der Waals surface area contributed by atoms with Crippen molar-refractivity contribution >= 4 is 45.7 Å². The highest BCUT2D eigenvalue weighted by molar-refractivity contribution is 7.99. The van der Waals surface area contributed by atoms with Crippen LogP contribution >= 0.6 is 34.7 Å². The van der Waals surface area contributed by atoms with Gasteiger partial charge in [-0.1, -0.05) is 46.8 Å². The lowest BCUT2D eigenvalue weighted by Gasteiger charge is -2.15. The van der Waals surface area contributed by atoms with Gasteiger partial charge in [-0.15, -0.1) is 20.4 Å². The van der Waals surface area contributed by atoms with E-state index in [0.717, 1.165) is 5.01 Å². The van der Waals surface area contributed by atoms with Gasteiger partial charge in [-0.2, -0.15) is 0 Å². The zero-order valence-electron chi connectivity index (χ0n) is 14.8. The van der Waals surface area contributed by atoms with Gasteiger partial charge in [0.25, 0.3) is 0 Å². The Morgan fingerprint density at radius 2 is 2.11 bits per heavy atom. The Morgan fingerprint density at radius 3 is 2.81 bits per heavy atom. The molecule has 142 valence electrons. The summed E-state index contributed by atoms with van der Waals surface area (Å²) in [5, 5.41) is 21.2. The molecule has 27 heavy (non-hydrogen) atoms. The second-order valence-electron chi connectivity index (χ2n) is 5.55. The molecule has 3 aromatic rings. The third-order valence-corrected chi connectivity index (χ3v) is 5.56. The highest BCUT2D eigenvalue weighted by atomic mass is 35.5. The topological polar surface area (TPSA) is 94.8 Å². The van der Waals surface area contributed by atoms with Crippen molar-refractivity contribution in [1.29, 1.82) is 0 Å². The molecule has 11 heteroatoms. The first-order valence-electron chi connectivity index (χ1n) is 7.97. The lowest BCUT2D eigenvalue weighted by molar-refractivity contribution is -0.113. The third-order valence-electron chi connectivity index (χ3n) is 3.48. The molecule has 0 spiro atoms. The number of carbonyl (C=O) groups is 1. The molecule has 2 heterocycles. The van der Waals surface area contributed by atoms with Crippen LogP contribution < -0.4 is 10.1 Å². The molecule has 1 unspecified atom stereocenters. The van der Waals surface area contributed by atoms with Crippen molar-refractivity contribution in [3.63, 3.8) is 0 Å². The number of aryl methyl sites for hydroxylation is 1. The molecule has 8 nitrogen and oxygen atoms in total. The van der Waals surface area contributed by atoms with Crippen molar-refractivity contribution < 1.29 is 9.53 Å². The van der Waals surface area contributed by atoms with Gasteiger partial charge in [-0.25, -0.2) is 0 Å². The van der Waals surface area contributed by atoms with Crippen LogP contribution in [0.4, 0.5) is 5.13 Å². The Kier molecular flexibility index (Phi) is 6.30. The van der Waals surface area contributed by atoms with Crippen LogP contribution in [0, 0.1) is 6.92 Å². The van der Waals surface area contributed by atoms with Gasteiger partial charge in [-0.05, 0) is 26.0 Å². The molecule has 0 radical (unpaired) electrons. The predicted molar refractivity (Wildman–Crippen MR) is 105 cm³/mol. The van der Waals surface area contributed by atoms with E-state index in [-0.39, 0.29) is 17.8 Å². The molecule has 0 fully saturated rings. The minimum Gasteiger partial charge on any atom is -0.481 e. The Bertz CT molecular complexity index is 945. The third kappa shape index (κ3) is 4.96. The molecule has 0 bridgehead atoms. The van der Waals surface area contributed by atoms with Crippen LogP contribution in [0.25, 0.3) is 0 Å². The number of hydrogen-bond donors (Lipinski definition) is 1. The first-order valence-corrected chi connectivity index (χ1v) is 10.1. The number of anilines is 1. The number of carbonyl (C=O) groups excluding carboxylic acids is 1. The van der Waals surface area contributed by atoms with E-state index in [1.165, 1.54) is 23.1 Å². The lowest BCUT2D eigenvalue weighted by atomic mass is 10.3. The molecule has 1 amide bonds. The van der Waals surface area contributed by atoms with E-state index in [1.807, 2.05) is 33.0 Å². The average Bonchev–Trinajstić information content (AvgIpc) is 3.20. The van der Waals surface area contributed by atoms with Crippen LogP contribution in [0.2, 0.25) is 5.02 Å². The normalized spacial score (nSPS) is 12.0. The summed E-state index contributed by atoms with van der Waals surface area (Å²) in [6, 6.07) is 7.25. The number of aromatic nitrogens is 5. The molecule has 3 rings (SSSR count). The molecule has 0 aliphatic carbocycles. The van der Waals surface area contributed by atoms with Gasteiger partial charge >= 0.3 is 0 Å². The second kappa shape index (κ2) is 8.68. The first kappa shape index (κ1) is 19.6. The molecule has 0 saturated carbocycles. The summed E-state index contributed by atoms with van der Waals surface area (Å²) in [6.07, 6.45) is -0.352. The summed E-state index contributed by atoms with van der Waals surface area (Å²) >= 11 is 8.74. The largest absolute Gasteiger partial charge is 0.481 e. The number of amides is 1. The van der Waals surface area contributed by atoms with Crippen LogP contribution in [0.3, 0.4) is 0 Å². The quantitative estimate of drug-likeness (QED) is 0.580. The summed E-state index contributed by atoms with van der Waals surface area (Å²) in [6.45, 7) is 3.70. The minimum absolute atomic E-state index is 0.180. The number of thioether (sulfide) groups is 1. The van der Waals surface area contributed by atoms with E-state index in [4.69, 9.17) is 16.3 Å². The maximum Gasteiger partial charge on any atom is 0.236 e. The van der Waals surface area contributed by atoms with Crippen molar-refractivity contribution in [3.05, 3.63) is 40.1 Å². The Balaban J connectivity index is 1.59. The van der Waals surface area contributed by atoms with Crippen molar-refractivity contribution in [3.8, 4) is 5.75 Å². The van der Waals surface area contributed by atoms with E-state index in [9.17, 15) is 4.79 Å². The number of nitrogens with one attached hydrogen (secondary N) is 1. The van der Waals surface area contributed by atoms with Crippen molar-refractivity contribution in [2.24, 2.45) is 7.05 Å². The zero-order valence-corrected chi connectivity index (χ0v) is 17.2. The summed E-state index contributed by atoms with van der Waals surface area (Å²) in [5.41, 5.74) is 0. The maximum absolute atomic E-state index is 12.0. The number of halogens is 1. The summed E-state index contributed by atoms with van der Waals surface area (Å²) in [4.78, 5) is 12.0. The van der Waals surface area contributed by atoms with Crippen LogP contribution in [0.1, 0.15) is 23.9 Å². The van der Waals surface area contributed by atoms with Gasteiger partial charge < -0.3 is 9.30 Å². The van der Waals surface area contributed by atoms with E-state index in [1.54, 1.807) is 16.7 Å². The van der Waals surface area contributed by atoms with E-state index >= 15 is 0 Å². The fourth-order valence-electron chi connectivity index (χ4n) is 2.22. The molecule has 2 aromatic heterocycles. The summed E-state index contributed by atoms with van der Waals surface area (Å²) in [5.74, 6) is 1.22. The summed E-state index contributed by atoms with van der Waals surface area (Å²) < 4.78 is 7.67. The number of rotatable bonds is 7. The van der Waals surface area contributed by atoms with Gasteiger partial charge in [0.1, 0.15) is 10.8 Å². The number of para-hydroxylation sites is 1. The Labute approximate surface area is 169 Å². The standard InChI is InChI=1S/C16H17ClN6O2S2/c1-9(25-12-7-5-4-6-11(12)17)14-20-22-16(23(14)3)26-8-13(24)18-15-21-19-10(2)27-15/h4-7,9H,8H2,1-3H3,(H,18,21,24). The minimum atomic E-state index is -0.352. The van der Waals surface area contributed by atoms with Crippen LogP contribution in [-0.2, 0) is 11.8 Å². The molecular weight excluding hydrogens is 408 g/mol. The van der Waals surface area contributed by atoms with E-state index in [2.05, 4.69) is 25.7 Å². The van der Waals surface area contributed by atoms with Crippen LogP contribution in [-0.4, -0.2) is 36.6 Å². The Morgan fingerprint density at radius 1 is 1.33 bits per heavy atom. The molecule has 0 aliphatic heterocycles. The molecule has 1 aromatic carbocycles. The van der Waals surface area contributed by atoms with E-state index < -0.39 is 0 Å². The van der Waals surface area contributed by atoms with Gasteiger partial charge in [0.2, 0.25) is 11.0 Å². The molecule has 0 aliphatic rings. The molecule has 1 N–H and O–H groups in total. The Hall–Kier alpha value is -2.17.